The van der Waals surface area contributed by atoms with E-state index in [4.69, 9.17) is 23.2 Å². The molecule has 100 valence electrons. The lowest BCUT2D eigenvalue weighted by atomic mass is 10.2. The van der Waals surface area contributed by atoms with Gasteiger partial charge in [-0.3, -0.25) is 4.98 Å². The summed E-state index contributed by atoms with van der Waals surface area (Å²) in [6, 6.07) is 9.41. The van der Waals surface area contributed by atoms with Crippen LogP contribution in [0.15, 0.2) is 42.7 Å². The maximum Gasteiger partial charge on any atom is 0.0706 e. The number of halogens is 2. The van der Waals surface area contributed by atoms with E-state index in [1.54, 1.807) is 12.4 Å². The number of nitrogens with zero attached hydrogens (tertiary/aromatic N) is 2. The second-order valence-corrected chi connectivity index (χ2v) is 4.82. The average Bonchev–Trinajstić information content (AvgIpc) is 2.43. The van der Waals surface area contributed by atoms with Gasteiger partial charge in [0.1, 0.15) is 0 Å². The van der Waals surface area contributed by atoms with E-state index >= 15 is 0 Å². The average molecular weight is 296 g/mol. The summed E-state index contributed by atoms with van der Waals surface area (Å²) >= 11 is 12.4. The third-order valence-electron chi connectivity index (χ3n) is 2.68. The predicted molar refractivity (Wildman–Crippen MR) is 80.6 cm³/mol. The van der Waals surface area contributed by atoms with Gasteiger partial charge in [0.25, 0.3) is 0 Å². The highest BCUT2D eigenvalue weighted by Crippen LogP contribution is 2.26. The number of aromatic nitrogens is 1. The summed E-state index contributed by atoms with van der Waals surface area (Å²) in [7, 11) is 0. The molecule has 5 heteroatoms. The highest BCUT2D eigenvalue weighted by molar-refractivity contribution is 6.36. The Bertz CT molecular complexity index is 511. The van der Waals surface area contributed by atoms with Crippen molar-refractivity contribution in [3.05, 3.63) is 58.3 Å². The Kier molecular flexibility index (Phi) is 5.02. The molecule has 19 heavy (non-hydrogen) atoms. The lowest BCUT2D eigenvalue weighted by Crippen LogP contribution is -2.37. The summed E-state index contributed by atoms with van der Waals surface area (Å²) in [4.78, 5) is 4.13. The molecular weight excluding hydrogens is 281 g/mol. The predicted octanol–water partition coefficient (Wildman–Crippen LogP) is 3.92. The van der Waals surface area contributed by atoms with E-state index in [9.17, 15) is 0 Å². The molecule has 0 amide bonds. The van der Waals surface area contributed by atoms with Crippen molar-refractivity contribution in [3.63, 3.8) is 0 Å². The minimum absolute atomic E-state index is 0.581. The van der Waals surface area contributed by atoms with E-state index in [1.807, 2.05) is 42.3 Å². The molecule has 0 aliphatic heterocycles. The van der Waals surface area contributed by atoms with Gasteiger partial charge in [0.2, 0.25) is 0 Å². The van der Waals surface area contributed by atoms with Gasteiger partial charge in [-0.1, -0.05) is 36.2 Å². The molecule has 0 bridgehead atoms. The fourth-order valence-corrected chi connectivity index (χ4v) is 2.30. The zero-order valence-electron chi connectivity index (χ0n) is 10.6. The van der Waals surface area contributed by atoms with E-state index < -0.39 is 0 Å². The van der Waals surface area contributed by atoms with Gasteiger partial charge in [0, 0.05) is 28.4 Å². The van der Waals surface area contributed by atoms with Crippen molar-refractivity contribution in [1.82, 2.24) is 10.4 Å². The first-order valence-corrected chi connectivity index (χ1v) is 6.82. The molecule has 0 unspecified atom stereocenters. The molecule has 0 radical (unpaired) electrons. The van der Waals surface area contributed by atoms with Crippen LogP contribution in [0.3, 0.4) is 0 Å². The van der Waals surface area contributed by atoms with Crippen molar-refractivity contribution in [3.8, 4) is 0 Å². The van der Waals surface area contributed by atoms with Crippen LogP contribution in [0.4, 0.5) is 5.69 Å². The molecule has 1 N–H and O–H groups in total. The van der Waals surface area contributed by atoms with Gasteiger partial charge in [-0.2, -0.15) is 0 Å². The molecule has 0 aliphatic rings. The van der Waals surface area contributed by atoms with Crippen LogP contribution in [0.1, 0.15) is 12.5 Å². The minimum Gasteiger partial charge on any atom is -0.302 e. The second kappa shape index (κ2) is 6.75. The van der Waals surface area contributed by atoms with Crippen LogP contribution in [0.25, 0.3) is 0 Å². The monoisotopic (exact) mass is 295 g/mol. The Morgan fingerprint density at radius 2 is 1.89 bits per heavy atom. The Labute approximate surface area is 123 Å². The van der Waals surface area contributed by atoms with Crippen molar-refractivity contribution < 1.29 is 0 Å². The van der Waals surface area contributed by atoms with E-state index in [1.165, 1.54) is 0 Å². The van der Waals surface area contributed by atoms with Crippen LogP contribution >= 0.6 is 23.2 Å². The van der Waals surface area contributed by atoms with Crippen LogP contribution in [0.2, 0.25) is 10.0 Å². The molecule has 1 aromatic carbocycles. The molecule has 2 rings (SSSR count). The molecule has 0 aliphatic carbocycles. The molecule has 2 aromatic rings. The van der Waals surface area contributed by atoms with Gasteiger partial charge >= 0.3 is 0 Å². The smallest absolute Gasteiger partial charge is 0.0706 e. The normalized spacial score (nSPS) is 10.5. The summed E-state index contributed by atoms with van der Waals surface area (Å²) in [6.07, 6.45) is 3.55. The summed E-state index contributed by atoms with van der Waals surface area (Å²) in [6.45, 7) is 3.42. The number of hydrogen-bond acceptors (Lipinski definition) is 3. The largest absolute Gasteiger partial charge is 0.302 e. The Morgan fingerprint density at radius 1 is 1.16 bits per heavy atom. The van der Waals surface area contributed by atoms with Gasteiger partial charge in [-0.05, 0) is 24.3 Å². The van der Waals surface area contributed by atoms with Crippen LogP contribution in [0.5, 0.6) is 0 Å². The Morgan fingerprint density at radius 3 is 2.47 bits per heavy atom. The standard InChI is InChI=1S/C14H15Cl2N3/c1-2-18-19(11-5-4-8-17-9-11)10-12-13(15)6-3-7-14(12)16/h3-9,18H,2,10H2,1H3. The molecule has 0 saturated heterocycles. The molecular formula is C14H15Cl2N3. The molecule has 0 atom stereocenters. The van der Waals surface area contributed by atoms with Crippen molar-refractivity contribution in [1.29, 1.82) is 0 Å². The zero-order chi connectivity index (χ0) is 13.7. The van der Waals surface area contributed by atoms with E-state index in [-0.39, 0.29) is 0 Å². The van der Waals surface area contributed by atoms with Crippen LogP contribution in [-0.2, 0) is 6.54 Å². The third-order valence-corrected chi connectivity index (χ3v) is 3.39. The van der Waals surface area contributed by atoms with Crippen molar-refractivity contribution in [2.75, 3.05) is 11.6 Å². The van der Waals surface area contributed by atoms with Gasteiger partial charge in [-0.25, -0.2) is 5.43 Å². The molecule has 0 spiro atoms. The zero-order valence-corrected chi connectivity index (χ0v) is 12.1. The van der Waals surface area contributed by atoms with Crippen LogP contribution < -0.4 is 10.4 Å². The first-order chi connectivity index (χ1) is 9.22. The maximum absolute atomic E-state index is 6.21. The van der Waals surface area contributed by atoms with Crippen LogP contribution in [-0.4, -0.2) is 11.5 Å². The van der Waals surface area contributed by atoms with Crippen molar-refractivity contribution in [2.45, 2.75) is 13.5 Å². The molecule has 0 fully saturated rings. The van der Waals surface area contributed by atoms with E-state index in [2.05, 4.69) is 10.4 Å². The number of hydrazine groups is 1. The number of hydrogen-bond donors (Lipinski definition) is 1. The topological polar surface area (TPSA) is 28.2 Å². The second-order valence-electron chi connectivity index (χ2n) is 4.01. The number of nitrogens with one attached hydrogen (secondary N) is 1. The number of pyridine rings is 1. The highest BCUT2D eigenvalue weighted by Gasteiger charge is 2.11. The molecule has 1 aromatic heterocycles. The third kappa shape index (κ3) is 3.60. The SMILES string of the molecule is CCNN(Cc1c(Cl)cccc1Cl)c1cccnc1. The Hall–Kier alpha value is -1.29. The summed E-state index contributed by atoms with van der Waals surface area (Å²) in [5.41, 5.74) is 5.15. The molecule has 0 saturated carbocycles. The maximum atomic E-state index is 6.21. The molecule has 3 nitrogen and oxygen atoms in total. The highest BCUT2D eigenvalue weighted by atomic mass is 35.5. The number of rotatable bonds is 5. The summed E-state index contributed by atoms with van der Waals surface area (Å²) in [5.74, 6) is 0. The number of benzene rings is 1. The van der Waals surface area contributed by atoms with Crippen LogP contribution in [0, 0.1) is 0 Å². The fraction of sp³-hybridized carbons (Fsp3) is 0.214. The van der Waals surface area contributed by atoms with E-state index in [0.717, 1.165) is 17.8 Å². The van der Waals surface area contributed by atoms with Gasteiger partial charge < -0.3 is 5.01 Å². The minimum atomic E-state index is 0.581. The quantitative estimate of drug-likeness (QED) is 0.848. The fourth-order valence-electron chi connectivity index (χ4n) is 1.78. The molecule has 1 heterocycles. The lowest BCUT2D eigenvalue weighted by molar-refractivity contribution is 0.643. The van der Waals surface area contributed by atoms with Crippen molar-refractivity contribution in [2.24, 2.45) is 0 Å². The van der Waals surface area contributed by atoms with E-state index in [0.29, 0.717) is 16.6 Å². The van der Waals surface area contributed by atoms with Gasteiger partial charge in [0.15, 0.2) is 0 Å². The van der Waals surface area contributed by atoms with Gasteiger partial charge in [-0.15, -0.1) is 0 Å². The summed E-state index contributed by atoms with van der Waals surface area (Å²) in [5, 5.41) is 3.32. The first kappa shape index (κ1) is 14.1. The lowest BCUT2D eigenvalue weighted by Gasteiger charge is -2.25. The first-order valence-electron chi connectivity index (χ1n) is 6.06. The number of anilines is 1. The van der Waals surface area contributed by atoms with Gasteiger partial charge in [0.05, 0.1) is 18.4 Å². The summed E-state index contributed by atoms with van der Waals surface area (Å²) < 4.78 is 0. The van der Waals surface area contributed by atoms with Crippen molar-refractivity contribution >= 4 is 28.9 Å². The Balaban J connectivity index is 2.27.